The van der Waals surface area contributed by atoms with E-state index in [0.29, 0.717) is 18.2 Å². The van der Waals surface area contributed by atoms with Gasteiger partial charge in [0.1, 0.15) is 11.9 Å². The molecule has 1 heterocycles. The van der Waals surface area contributed by atoms with Crippen LogP contribution >= 0.6 is 0 Å². The Morgan fingerprint density at radius 3 is 2.64 bits per heavy atom. The zero-order valence-electron chi connectivity index (χ0n) is 14.9. The van der Waals surface area contributed by atoms with Crippen LogP contribution in [0, 0.1) is 23.1 Å². The van der Waals surface area contributed by atoms with Crippen LogP contribution in [0.25, 0.3) is 0 Å². The van der Waals surface area contributed by atoms with E-state index in [-0.39, 0.29) is 11.6 Å². The van der Waals surface area contributed by atoms with Crippen LogP contribution in [0.2, 0.25) is 0 Å². The normalized spacial score (nSPS) is 16.9. The van der Waals surface area contributed by atoms with Gasteiger partial charge in [0, 0.05) is 45.0 Å². The number of benzene rings is 1. The van der Waals surface area contributed by atoms with Gasteiger partial charge in [-0.1, -0.05) is 13.8 Å². The second-order valence-electron chi connectivity index (χ2n) is 6.48. The van der Waals surface area contributed by atoms with E-state index < -0.39 is 5.82 Å². The minimum atomic E-state index is -0.592. The lowest BCUT2D eigenvalue weighted by molar-refractivity contribution is 0.124. The summed E-state index contributed by atoms with van der Waals surface area (Å²) in [5.74, 6) is -0.257. The Morgan fingerprint density at radius 1 is 1.32 bits per heavy atom. The number of amides is 2. The summed E-state index contributed by atoms with van der Waals surface area (Å²) in [7, 11) is 0. The number of hydrogen-bond acceptors (Lipinski definition) is 4. The number of urea groups is 1. The summed E-state index contributed by atoms with van der Waals surface area (Å²) >= 11 is 0. The Morgan fingerprint density at radius 2 is 2.00 bits per heavy atom. The van der Waals surface area contributed by atoms with E-state index in [1.807, 2.05) is 0 Å². The molecule has 7 heteroatoms. The predicted molar refractivity (Wildman–Crippen MR) is 95.9 cm³/mol. The molecule has 0 unspecified atom stereocenters. The SMILES string of the molecule is CCN1CCN(C[C@@H](C)CNC(=O)Nc2ccc(F)c(C#N)c2)CC1. The van der Waals surface area contributed by atoms with Gasteiger partial charge < -0.3 is 20.4 Å². The van der Waals surface area contributed by atoms with Crippen LogP contribution < -0.4 is 10.6 Å². The van der Waals surface area contributed by atoms with Crippen LogP contribution in [0.15, 0.2) is 18.2 Å². The molecular weight excluding hydrogens is 321 g/mol. The average Bonchev–Trinajstić information content (AvgIpc) is 2.62. The maximum atomic E-state index is 13.3. The Hall–Kier alpha value is -2.17. The van der Waals surface area contributed by atoms with Gasteiger partial charge in [0.25, 0.3) is 0 Å². The number of rotatable bonds is 6. The zero-order chi connectivity index (χ0) is 18.2. The van der Waals surface area contributed by atoms with Gasteiger partial charge in [-0.2, -0.15) is 5.26 Å². The molecule has 0 spiro atoms. The minimum Gasteiger partial charge on any atom is -0.338 e. The lowest BCUT2D eigenvalue weighted by Gasteiger charge is -2.35. The first-order valence-corrected chi connectivity index (χ1v) is 8.71. The van der Waals surface area contributed by atoms with E-state index >= 15 is 0 Å². The van der Waals surface area contributed by atoms with Crippen molar-refractivity contribution in [1.82, 2.24) is 15.1 Å². The fraction of sp³-hybridized carbons (Fsp3) is 0.556. The summed E-state index contributed by atoms with van der Waals surface area (Å²) in [4.78, 5) is 16.8. The van der Waals surface area contributed by atoms with Gasteiger partial charge in [0.05, 0.1) is 5.56 Å². The van der Waals surface area contributed by atoms with Crippen molar-refractivity contribution in [1.29, 1.82) is 5.26 Å². The van der Waals surface area contributed by atoms with Gasteiger partial charge in [-0.15, -0.1) is 0 Å². The highest BCUT2D eigenvalue weighted by molar-refractivity contribution is 5.89. The second-order valence-corrected chi connectivity index (χ2v) is 6.48. The van der Waals surface area contributed by atoms with E-state index in [4.69, 9.17) is 5.26 Å². The first-order chi connectivity index (χ1) is 12.0. The number of hydrogen-bond donors (Lipinski definition) is 2. The van der Waals surface area contributed by atoms with Gasteiger partial charge in [0.2, 0.25) is 0 Å². The summed E-state index contributed by atoms with van der Waals surface area (Å²) in [6.45, 7) is 11.2. The molecule has 136 valence electrons. The molecule has 2 rings (SSSR count). The van der Waals surface area contributed by atoms with Crippen molar-refractivity contribution < 1.29 is 9.18 Å². The largest absolute Gasteiger partial charge is 0.338 e. The highest BCUT2D eigenvalue weighted by Gasteiger charge is 2.17. The van der Waals surface area contributed by atoms with Gasteiger partial charge in [-0.05, 0) is 30.7 Å². The lowest BCUT2D eigenvalue weighted by atomic mass is 10.1. The van der Waals surface area contributed by atoms with E-state index in [0.717, 1.165) is 39.3 Å². The summed E-state index contributed by atoms with van der Waals surface area (Å²) in [6.07, 6.45) is 0. The molecule has 1 aromatic rings. The number of likely N-dealkylation sites (N-methyl/N-ethyl adjacent to an activating group) is 1. The standard InChI is InChI=1S/C18H26FN5O/c1-3-23-6-8-24(9-7-23)13-14(2)12-21-18(25)22-16-4-5-17(19)15(10-16)11-20/h4-5,10,14H,3,6-9,12-13H2,1-2H3,(H2,21,22,25)/t14-/m0/s1. The van der Waals surface area contributed by atoms with Gasteiger partial charge in [-0.25, -0.2) is 9.18 Å². The Labute approximate surface area is 148 Å². The summed E-state index contributed by atoms with van der Waals surface area (Å²) in [6, 6.07) is 5.34. The number of piperazine rings is 1. The van der Waals surface area contributed by atoms with Gasteiger partial charge in [0.15, 0.2) is 0 Å². The molecular formula is C18H26FN5O. The molecule has 0 radical (unpaired) electrons. The molecule has 2 N–H and O–H groups in total. The molecule has 25 heavy (non-hydrogen) atoms. The first kappa shape index (κ1) is 19.2. The second kappa shape index (κ2) is 9.35. The molecule has 0 aliphatic carbocycles. The van der Waals surface area contributed by atoms with Crippen molar-refractivity contribution in [2.75, 3.05) is 51.1 Å². The third-order valence-corrected chi connectivity index (χ3v) is 4.44. The van der Waals surface area contributed by atoms with E-state index in [1.54, 1.807) is 6.07 Å². The molecule has 1 atom stereocenters. The monoisotopic (exact) mass is 347 g/mol. The lowest BCUT2D eigenvalue weighted by Crippen LogP contribution is -2.48. The van der Waals surface area contributed by atoms with Crippen LogP contribution in [-0.4, -0.2) is 61.6 Å². The molecule has 1 saturated heterocycles. The fourth-order valence-corrected chi connectivity index (χ4v) is 2.92. The first-order valence-electron chi connectivity index (χ1n) is 8.71. The van der Waals surface area contributed by atoms with E-state index in [2.05, 4.69) is 34.3 Å². The molecule has 1 aliphatic rings. The molecule has 0 bridgehead atoms. The van der Waals surface area contributed by atoms with Crippen LogP contribution in [0.5, 0.6) is 0 Å². The molecule has 1 fully saturated rings. The number of nitriles is 1. The van der Waals surface area contributed by atoms with Crippen molar-refractivity contribution in [2.45, 2.75) is 13.8 Å². The Bertz CT molecular complexity index is 622. The average molecular weight is 347 g/mol. The van der Waals surface area contributed by atoms with Gasteiger partial charge >= 0.3 is 6.03 Å². The molecule has 1 aliphatic heterocycles. The van der Waals surface area contributed by atoms with Gasteiger partial charge in [-0.3, -0.25) is 0 Å². The smallest absolute Gasteiger partial charge is 0.319 e. The van der Waals surface area contributed by atoms with Crippen molar-refractivity contribution in [3.63, 3.8) is 0 Å². The van der Waals surface area contributed by atoms with E-state index in [1.165, 1.54) is 18.2 Å². The fourth-order valence-electron chi connectivity index (χ4n) is 2.92. The molecule has 6 nitrogen and oxygen atoms in total. The summed E-state index contributed by atoms with van der Waals surface area (Å²) in [5, 5.41) is 14.3. The maximum absolute atomic E-state index is 13.3. The molecule has 1 aromatic carbocycles. The topological polar surface area (TPSA) is 71.4 Å². The molecule has 0 aromatic heterocycles. The van der Waals surface area contributed by atoms with Crippen molar-refractivity contribution in [3.8, 4) is 6.07 Å². The third kappa shape index (κ3) is 6.00. The number of carbonyl (C=O) groups excluding carboxylic acids is 1. The number of nitrogens with one attached hydrogen (secondary N) is 2. The van der Waals surface area contributed by atoms with Crippen LogP contribution in [0.3, 0.4) is 0 Å². The predicted octanol–water partition coefficient (Wildman–Crippen LogP) is 2.09. The van der Waals surface area contributed by atoms with Crippen molar-refractivity contribution >= 4 is 11.7 Å². The van der Waals surface area contributed by atoms with Crippen molar-refractivity contribution in [3.05, 3.63) is 29.6 Å². The van der Waals surface area contributed by atoms with Crippen LogP contribution in [-0.2, 0) is 0 Å². The highest BCUT2D eigenvalue weighted by Crippen LogP contribution is 2.13. The summed E-state index contributed by atoms with van der Waals surface area (Å²) in [5.41, 5.74) is 0.316. The Kier molecular flexibility index (Phi) is 7.16. The summed E-state index contributed by atoms with van der Waals surface area (Å²) < 4.78 is 13.3. The Balaban J connectivity index is 1.72. The minimum absolute atomic E-state index is 0.0858. The van der Waals surface area contributed by atoms with Crippen molar-refractivity contribution in [2.24, 2.45) is 5.92 Å². The van der Waals surface area contributed by atoms with Crippen LogP contribution in [0.1, 0.15) is 19.4 Å². The number of nitrogens with zero attached hydrogens (tertiary/aromatic N) is 3. The zero-order valence-corrected chi connectivity index (χ0v) is 14.9. The molecule has 0 saturated carbocycles. The number of carbonyl (C=O) groups is 1. The molecule has 2 amide bonds. The number of anilines is 1. The quantitative estimate of drug-likeness (QED) is 0.827. The highest BCUT2D eigenvalue weighted by atomic mass is 19.1. The van der Waals surface area contributed by atoms with Crippen LogP contribution in [0.4, 0.5) is 14.9 Å². The maximum Gasteiger partial charge on any atom is 0.319 e. The van der Waals surface area contributed by atoms with E-state index in [9.17, 15) is 9.18 Å². The number of halogens is 1. The third-order valence-electron chi connectivity index (χ3n) is 4.44.